The number of aldehydes is 1. The molecule has 1 atom stereocenters. The Morgan fingerprint density at radius 2 is 2.12 bits per heavy atom. The highest BCUT2D eigenvalue weighted by Gasteiger charge is 2.30. The molecule has 1 heterocycles. The highest BCUT2D eigenvalue weighted by atomic mass is 16.6. The summed E-state index contributed by atoms with van der Waals surface area (Å²) < 4.78 is 5.30. The van der Waals surface area contributed by atoms with E-state index in [0.29, 0.717) is 6.54 Å². The van der Waals surface area contributed by atoms with Gasteiger partial charge in [0.25, 0.3) is 0 Å². The van der Waals surface area contributed by atoms with Crippen LogP contribution in [0.2, 0.25) is 0 Å². The van der Waals surface area contributed by atoms with Crippen LogP contribution < -0.4 is 0 Å². The van der Waals surface area contributed by atoms with Crippen molar-refractivity contribution < 1.29 is 14.3 Å². The van der Waals surface area contributed by atoms with Crippen LogP contribution in [0.1, 0.15) is 33.6 Å². The van der Waals surface area contributed by atoms with Crippen molar-refractivity contribution in [3.63, 3.8) is 0 Å². The fourth-order valence-corrected chi connectivity index (χ4v) is 1.71. The van der Waals surface area contributed by atoms with Crippen LogP contribution in [0.4, 0.5) is 4.79 Å². The molecule has 1 unspecified atom stereocenters. The van der Waals surface area contributed by atoms with Crippen LogP contribution in [0.25, 0.3) is 0 Å². The van der Waals surface area contributed by atoms with Crippen molar-refractivity contribution in [2.75, 3.05) is 6.54 Å². The Kier molecular flexibility index (Phi) is 4.10. The average molecular weight is 225 g/mol. The maximum absolute atomic E-state index is 11.8. The minimum atomic E-state index is -0.474. The SMILES string of the molecule is CC(C)(C)OC(=O)N1CCCC1/C=C/C=O. The van der Waals surface area contributed by atoms with E-state index in [1.165, 1.54) is 6.08 Å². The molecule has 0 aromatic carbocycles. The smallest absolute Gasteiger partial charge is 0.410 e. The molecule has 1 aliphatic rings. The van der Waals surface area contributed by atoms with Gasteiger partial charge in [-0.1, -0.05) is 6.08 Å². The third kappa shape index (κ3) is 3.68. The highest BCUT2D eigenvalue weighted by Crippen LogP contribution is 2.21. The molecule has 1 saturated heterocycles. The van der Waals surface area contributed by atoms with Gasteiger partial charge in [-0.05, 0) is 39.7 Å². The molecule has 0 radical (unpaired) electrons. The van der Waals surface area contributed by atoms with Crippen molar-refractivity contribution in [3.8, 4) is 0 Å². The van der Waals surface area contributed by atoms with Crippen LogP contribution in [-0.2, 0) is 9.53 Å². The van der Waals surface area contributed by atoms with Crippen molar-refractivity contribution in [1.29, 1.82) is 0 Å². The number of carbonyl (C=O) groups is 2. The van der Waals surface area contributed by atoms with Crippen LogP contribution in [0.5, 0.6) is 0 Å². The number of carbonyl (C=O) groups excluding carboxylic acids is 2. The topological polar surface area (TPSA) is 46.6 Å². The van der Waals surface area contributed by atoms with E-state index in [9.17, 15) is 9.59 Å². The lowest BCUT2D eigenvalue weighted by molar-refractivity contribution is -0.104. The van der Waals surface area contributed by atoms with Gasteiger partial charge in [0.2, 0.25) is 0 Å². The number of rotatable bonds is 2. The zero-order valence-corrected chi connectivity index (χ0v) is 10.1. The minimum Gasteiger partial charge on any atom is -0.444 e. The lowest BCUT2D eigenvalue weighted by Gasteiger charge is -2.27. The summed E-state index contributed by atoms with van der Waals surface area (Å²) in [5, 5.41) is 0. The predicted molar refractivity (Wildman–Crippen MR) is 61.2 cm³/mol. The average Bonchev–Trinajstić information content (AvgIpc) is 2.59. The summed E-state index contributed by atoms with van der Waals surface area (Å²) in [7, 11) is 0. The standard InChI is InChI=1S/C12H19NO3/c1-12(2,3)16-11(15)13-8-4-6-10(13)7-5-9-14/h5,7,9-10H,4,6,8H2,1-3H3/b7-5+. The molecule has 4 heteroatoms. The molecule has 1 rings (SSSR count). The molecule has 1 fully saturated rings. The Bertz CT molecular complexity index is 291. The van der Waals surface area contributed by atoms with E-state index < -0.39 is 5.60 Å². The van der Waals surface area contributed by atoms with Crippen LogP contribution in [0.3, 0.4) is 0 Å². The monoisotopic (exact) mass is 225 g/mol. The zero-order valence-electron chi connectivity index (χ0n) is 10.1. The molecule has 1 aliphatic heterocycles. The summed E-state index contributed by atoms with van der Waals surface area (Å²) in [5.41, 5.74) is -0.474. The first-order valence-corrected chi connectivity index (χ1v) is 5.55. The number of ether oxygens (including phenoxy) is 1. The third-order valence-electron chi connectivity index (χ3n) is 2.34. The Morgan fingerprint density at radius 3 is 2.69 bits per heavy atom. The molecular weight excluding hydrogens is 206 g/mol. The number of hydrogen-bond acceptors (Lipinski definition) is 3. The zero-order chi connectivity index (χ0) is 12.2. The van der Waals surface area contributed by atoms with Gasteiger partial charge in [0.05, 0.1) is 6.04 Å². The second-order valence-corrected chi connectivity index (χ2v) is 4.90. The first kappa shape index (κ1) is 12.7. The minimum absolute atomic E-state index is 0.0000463. The maximum Gasteiger partial charge on any atom is 0.410 e. The van der Waals surface area contributed by atoms with Gasteiger partial charge in [-0.25, -0.2) is 4.79 Å². The number of hydrogen-bond donors (Lipinski definition) is 0. The number of amides is 1. The second-order valence-electron chi connectivity index (χ2n) is 4.90. The molecule has 0 N–H and O–H groups in total. The van der Waals surface area contributed by atoms with Gasteiger partial charge in [0.1, 0.15) is 11.9 Å². The molecule has 4 nitrogen and oxygen atoms in total. The van der Waals surface area contributed by atoms with E-state index in [1.807, 2.05) is 20.8 Å². The Hall–Kier alpha value is -1.32. The fraction of sp³-hybridized carbons (Fsp3) is 0.667. The molecular formula is C12H19NO3. The molecule has 16 heavy (non-hydrogen) atoms. The van der Waals surface area contributed by atoms with Crippen molar-refractivity contribution >= 4 is 12.4 Å². The van der Waals surface area contributed by atoms with Crippen LogP contribution in [0, 0.1) is 0 Å². The van der Waals surface area contributed by atoms with Gasteiger partial charge in [-0.2, -0.15) is 0 Å². The molecule has 0 spiro atoms. The predicted octanol–water partition coefficient (Wildman–Crippen LogP) is 2.14. The lowest BCUT2D eigenvalue weighted by Crippen LogP contribution is -2.39. The Morgan fingerprint density at radius 1 is 1.44 bits per heavy atom. The molecule has 1 amide bonds. The number of nitrogens with zero attached hydrogens (tertiary/aromatic N) is 1. The molecule has 0 aromatic heterocycles. The summed E-state index contributed by atoms with van der Waals surface area (Å²) in [4.78, 5) is 23.7. The van der Waals surface area contributed by atoms with E-state index in [4.69, 9.17) is 4.74 Å². The van der Waals surface area contributed by atoms with E-state index >= 15 is 0 Å². The molecule has 0 saturated carbocycles. The molecule has 90 valence electrons. The van der Waals surface area contributed by atoms with E-state index in [2.05, 4.69) is 0 Å². The summed E-state index contributed by atoms with van der Waals surface area (Å²) in [5.74, 6) is 0. The van der Waals surface area contributed by atoms with E-state index in [-0.39, 0.29) is 12.1 Å². The van der Waals surface area contributed by atoms with Crippen molar-refractivity contribution in [2.24, 2.45) is 0 Å². The third-order valence-corrected chi connectivity index (χ3v) is 2.34. The largest absolute Gasteiger partial charge is 0.444 e. The fourth-order valence-electron chi connectivity index (χ4n) is 1.71. The first-order chi connectivity index (χ1) is 7.44. The van der Waals surface area contributed by atoms with E-state index in [1.54, 1.807) is 11.0 Å². The van der Waals surface area contributed by atoms with Gasteiger partial charge in [-0.15, -0.1) is 0 Å². The van der Waals surface area contributed by atoms with Crippen molar-refractivity contribution in [3.05, 3.63) is 12.2 Å². The van der Waals surface area contributed by atoms with E-state index in [0.717, 1.165) is 19.1 Å². The van der Waals surface area contributed by atoms with Crippen LogP contribution in [-0.4, -0.2) is 35.5 Å². The van der Waals surface area contributed by atoms with Gasteiger partial charge in [0.15, 0.2) is 0 Å². The molecule has 0 aromatic rings. The maximum atomic E-state index is 11.8. The summed E-state index contributed by atoms with van der Waals surface area (Å²) >= 11 is 0. The Labute approximate surface area is 96.3 Å². The van der Waals surface area contributed by atoms with Crippen LogP contribution >= 0.6 is 0 Å². The molecule has 0 aliphatic carbocycles. The normalized spacial score (nSPS) is 21.4. The number of allylic oxidation sites excluding steroid dienone is 1. The highest BCUT2D eigenvalue weighted by molar-refractivity contribution is 5.70. The van der Waals surface area contributed by atoms with Crippen molar-refractivity contribution in [1.82, 2.24) is 4.90 Å². The van der Waals surface area contributed by atoms with Gasteiger partial charge in [-0.3, -0.25) is 4.79 Å². The van der Waals surface area contributed by atoms with Gasteiger partial charge in [0, 0.05) is 6.54 Å². The quantitative estimate of drug-likeness (QED) is 0.534. The van der Waals surface area contributed by atoms with Gasteiger partial charge >= 0.3 is 6.09 Å². The summed E-state index contributed by atoms with van der Waals surface area (Å²) in [6.07, 6.45) is 5.46. The van der Waals surface area contributed by atoms with Crippen molar-refractivity contribution in [2.45, 2.75) is 45.3 Å². The van der Waals surface area contributed by atoms with Gasteiger partial charge < -0.3 is 9.64 Å². The summed E-state index contributed by atoms with van der Waals surface area (Å²) in [6.45, 7) is 6.23. The Balaban J connectivity index is 2.61. The number of likely N-dealkylation sites (tertiary alicyclic amines) is 1. The van der Waals surface area contributed by atoms with Crippen LogP contribution in [0.15, 0.2) is 12.2 Å². The first-order valence-electron chi connectivity index (χ1n) is 5.55. The second kappa shape index (κ2) is 5.14. The summed E-state index contributed by atoms with van der Waals surface area (Å²) in [6, 6.07) is 0.0000463. The molecule has 0 bridgehead atoms. The lowest BCUT2D eigenvalue weighted by atomic mass is 10.2.